The fraction of sp³-hybridized carbons (Fsp3) is 0.304. The van der Waals surface area contributed by atoms with Crippen molar-refractivity contribution in [1.29, 1.82) is 0 Å². The first-order valence-corrected chi connectivity index (χ1v) is 10.4. The summed E-state index contributed by atoms with van der Waals surface area (Å²) in [5, 5.41) is 9.88. The SMILES string of the molecule is CCN(C)C(=O)c1cc(-c2ccc(CCNC(=O)NC)cc2)n(-c2ccc(OC)nc2)n1. The number of hydrogen-bond donors (Lipinski definition) is 2. The fourth-order valence-electron chi connectivity index (χ4n) is 3.10. The minimum atomic E-state index is -0.201. The van der Waals surface area contributed by atoms with Gasteiger partial charge in [0.15, 0.2) is 5.69 Å². The van der Waals surface area contributed by atoms with E-state index in [1.807, 2.05) is 37.3 Å². The molecule has 2 N–H and O–H groups in total. The number of rotatable bonds is 8. The smallest absolute Gasteiger partial charge is 0.314 e. The third kappa shape index (κ3) is 5.23. The number of urea groups is 1. The molecular formula is C23H28N6O3. The van der Waals surface area contributed by atoms with Crippen LogP contribution < -0.4 is 15.4 Å². The van der Waals surface area contributed by atoms with E-state index in [-0.39, 0.29) is 11.9 Å². The quantitative estimate of drug-likeness (QED) is 0.565. The second-order valence-corrected chi connectivity index (χ2v) is 7.16. The molecule has 0 radical (unpaired) electrons. The molecule has 0 fully saturated rings. The number of hydrogen-bond acceptors (Lipinski definition) is 5. The van der Waals surface area contributed by atoms with E-state index in [1.165, 1.54) is 0 Å². The minimum absolute atomic E-state index is 0.147. The van der Waals surface area contributed by atoms with Crippen LogP contribution >= 0.6 is 0 Å². The number of carbonyl (C=O) groups is 2. The van der Waals surface area contributed by atoms with E-state index in [2.05, 4.69) is 20.7 Å². The van der Waals surface area contributed by atoms with Crippen molar-refractivity contribution in [3.8, 4) is 22.8 Å². The Morgan fingerprint density at radius 3 is 2.50 bits per heavy atom. The predicted octanol–water partition coefficient (Wildman–Crippen LogP) is 2.51. The number of pyridine rings is 1. The van der Waals surface area contributed by atoms with Gasteiger partial charge in [-0.05, 0) is 31.0 Å². The second kappa shape index (κ2) is 10.4. The van der Waals surface area contributed by atoms with Crippen LogP contribution in [0.2, 0.25) is 0 Å². The Morgan fingerprint density at radius 1 is 1.16 bits per heavy atom. The summed E-state index contributed by atoms with van der Waals surface area (Å²) in [6, 6.07) is 13.2. The number of methoxy groups -OCH3 is 1. The van der Waals surface area contributed by atoms with Gasteiger partial charge in [0.05, 0.1) is 24.7 Å². The van der Waals surface area contributed by atoms with E-state index in [1.54, 1.807) is 49.1 Å². The highest BCUT2D eigenvalue weighted by atomic mass is 16.5. The van der Waals surface area contributed by atoms with Gasteiger partial charge < -0.3 is 20.3 Å². The van der Waals surface area contributed by atoms with Crippen molar-refractivity contribution in [2.45, 2.75) is 13.3 Å². The molecule has 0 aliphatic heterocycles. The van der Waals surface area contributed by atoms with E-state index in [0.717, 1.165) is 22.5 Å². The van der Waals surface area contributed by atoms with Crippen molar-refractivity contribution in [1.82, 2.24) is 30.3 Å². The molecule has 0 unspecified atom stereocenters. The van der Waals surface area contributed by atoms with Gasteiger partial charge in [-0.15, -0.1) is 0 Å². The highest BCUT2D eigenvalue weighted by molar-refractivity contribution is 5.93. The van der Waals surface area contributed by atoms with Crippen molar-refractivity contribution in [3.05, 3.63) is 59.9 Å². The molecule has 0 aliphatic carbocycles. The monoisotopic (exact) mass is 436 g/mol. The molecule has 0 atom stereocenters. The van der Waals surface area contributed by atoms with Gasteiger partial charge in [0.25, 0.3) is 5.91 Å². The molecule has 0 saturated carbocycles. The van der Waals surface area contributed by atoms with Crippen LogP contribution in [0.3, 0.4) is 0 Å². The first kappa shape index (κ1) is 22.8. The summed E-state index contributed by atoms with van der Waals surface area (Å²) in [4.78, 5) is 29.9. The van der Waals surface area contributed by atoms with Gasteiger partial charge in [-0.3, -0.25) is 4.79 Å². The van der Waals surface area contributed by atoms with Gasteiger partial charge in [0, 0.05) is 38.8 Å². The first-order chi connectivity index (χ1) is 15.5. The lowest BCUT2D eigenvalue weighted by Gasteiger charge is -2.11. The largest absolute Gasteiger partial charge is 0.481 e. The van der Waals surface area contributed by atoms with Crippen LogP contribution in [-0.2, 0) is 6.42 Å². The normalized spacial score (nSPS) is 10.5. The summed E-state index contributed by atoms with van der Waals surface area (Å²) in [6.45, 7) is 3.04. The molecule has 0 spiro atoms. The first-order valence-electron chi connectivity index (χ1n) is 10.4. The maximum absolute atomic E-state index is 12.7. The topological polar surface area (TPSA) is 101 Å². The number of benzene rings is 1. The molecule has 2 aromatic heterocycles. The lowest BCUT2D eigenvalue weighted by atomic mass is 10.1. The third-order valence-corrected chi connectivity index (χ3v) is 5.10. The molecule has 3 rings (SSSR count). The molecule has 0 bridgehead atoms. The molecule has 9 nitrogen and oxygen atoms in total. The average molecular weight is 437 g/mol. The van der Waals surface area contributed by atoms with Crippen LogP contribution in [0.5, 0.6) is 5.88 Å². The van der Waals surface area contributed by atoms with Gasteiger partial charge in [-0.25, -0.2) is 14.5 Å². The summed E-state index contributed by atoms with van der Waals surface area (Å²) < 4.78 is 6.86. The van der Waals surface area contributed by atoms with Gasteiger partial charge in [-0.2, -0.15) is 5.10 Å². The van der Waals surface area contributed by atoms with E-state index in [9.17, 15) is 9.59 Å². The van der Waals surface area contributed by atoms with E-state index < -0.39 is 0 Å². The van der Waals surface area contributed by atoms with Crippen molar-refractivity contribution < 1.29 is 14.3 Å². The molecule has 0 saturated heterocycles. The van der Waals surface area contributed by atoms with Gasteiger partial charge >= 0.3 is 6.03 Å². The summed E-state index contributed by atoms with van der Waals surface area (Å²) in [6.07, 6.45) is 2.37. The Kier molecular flexibility index (Phi) is 7.43. The number of nitrogens with one attached hydrogen (secondary N) is 2. The molecule has 1 aromatic carbocycles. The highest BCUT2D eigenvalue weighted by Crippen LogP contribution is 2.25. The third-order valence-electron chi connectivity index (χ3n) is 5.10. The van der Waals surface area contributed by atoms with Gasteiger partial charge in [0.2, 0.25) is 5.88 Å². The zero-order valence-electron chi connectivity index (χ0n) is 18.8. The molecule has 168 valence electrons. The van der Waals surface area contributed by atoms with Crippen LogP contribution in [-0.4, -0.2) is 65.9 Å². The Balaban J connectivity index is 1.92. The standard InChI is InChI=1S/C23H28N6O3/c1-5-28(3)22(30)19-14-20(29(27-19)18-10-11-21(32-4)26-15-18)17-8-6-16(7-9-17)12-13-25-23(31)24-2/h6-11,14-15H,5,12-13H2,1-4H3,(H2,24,25,31). The van der Waals surface area contributed by atoms with Crippen molar-refractivity contribution >= 4 is 11.9 Å². The number of nitrogens with zero attached hydrogens (tertiary/aromatic N) is 4. The number of ether oxygens (including phenoxy) is 1. The van der Waals surface area contributed by atoms with Gasteiger partial charge in [0.1, 0.15) is 0 Å². The lowest BCUT2D eigenvalue weighted by Crippen LogP contribution is -2.33. The molecular weight excluding hydrogens is 408 g/mol. The predicted molar refractivity (Wildman–Crippen MR) is 122 cm³/mol. The summed E-state index contributed by atoms with van der Waals surface area (Å²) >= 11 is 0. The Bertz CT molecular complexity index is 1060. The van der Waals surface area contributed by atoms with E-state index in [4.69, 9.17) is 4.74 Å². The van der Waals surface area contributed by atoms with Crippen LogP contribution in [0.1, 0.15) is 23.0 Å². The average Bonchev–Trinajstić information content (AvgIpc) is 3.28. The molecule has 2 heterocycles. The summed E-state index contributed by atoms with van der Waals surface area (Å²) in [5.74, 6) is 0.352. The fourth-order valence-corrected chi connectivity index (χ4v) is 3.10. The molecule has 9 heteroatoms. The highest BCUT2D eigenvalue weighted by Gasteiger charge is 2.19. The number of aromatic nitrogens is 3. The van der Waals surface area contributed by atoms with Crippen LogP contribution in [0.4, 0.5) is 4.79 Å². The van der Waals surface area contributed by atoms with Crippen molar-refractivity contribution in [2.24, 2.45) is 0 Å². The van der Waals surface area contributed by atoms with Crippen LogP contribution in [0, 0.1) is 0 Å². The zero-order valence-corrected chi connectivity index (χ0v) is 18.8. The number of amides is 3. The number of carbonyl (C=O) groups excluding carboxylic acids is 2. The van der Waals surface area contributed by atoms with E-state index in [0.29, 0.717) is 31.1 Å². The maximum atomic E-state index is 12.7. The van der Waals surface area contributed by atoms with Crippen molar-refractivity contribution in [2.75, 3.05) is 34.3 Å². The summed E-state index contributed by atoms with van der Waals surface area (Å²) in [5.41, 5.74) is 3.86. The molecule has 3 amide bonds. The Labute approximate surface area is 187 Å². The maximum Gasteiger partial charge on any atom is 0.314 e. The molecule has 3 aromatic rings. The molecule has 0 aliphatic rings. The van der Waals surface area contributed by atoms with Crippen LogP contribution in [0.15, 0.2) is 48.7 Å². The van der Waals surface area contributed by atoms with Gasteiger partial charge in [-0.1, -0.05) is 24.3 Å². The molecule has 32 heavy (non-hydrogen) atoms. The van der Waals surface area contributed by atoms with Crippen molar-refractivity contribution in [3.63, 3.8) is 0 Å². The lowest BCUT2D eigenvalue weighted by molar-refractivity contribution is 0.0796. The van der Waals surface area contributed by atoms with Crippen LogP contribution in [0.25, 0.3) is 16.9 Å². The Morgan fingerprint density at radius 2 is 1.91 bits per heavy atom. The second-order valence-electron chi connectivity index (χ2n) is 7.16. The zero-order chi connectivity index (χ0) is 23.1. The summed E-state index contributed by atoms with van der Waals surface area (Å²) in [7, 11) is 4.89. The minimum Gasteiger partial charge on any atom is -0.481 e. The Hall–Kier alpha value is -3.88. The van der Waals surface area contributed by atoms with E-state index >= 15 is 0 Å².